The molecule has 0 fully saturated rings. The smallest absolute Gasteiger partial charge is 0.336 e. The van der Waals surface area contributed by atoms with Crippen molar-refractivity contribution in [2.24, 2.45) is 0 Å². The molecule has 6 nitrogen and oxygen atoms in total. The molecule has 3 aromatic rings. The topological polar surface area (TPSA) is 77.8 Å². The van der Waals surface area contributed by atoms with Crippen LogP contribution in [0.1, 0.15) is 28.4 Å². The summed E-state index contributed by atoms with van der Waals surface area (Å²) in [6.45, 7) is 2.27. The number of rotatable bonds is 6. The third-order valence-corrected chi connectivity index (χ3v) is 4.39. The Morgan fingerprint density at radius 3 is 2.52 bits per heavy atom. The summed E-state index contributed by atoms with van der Waals surface area (Å²) in [5, 5.41) is 3.67. The van der Waals surface area contributed by atoms with Gasteiger partial charge in [0.1, 0.15) is 5.58 Å². The maximum atomic E-state index is 12.5. The molecular weight excluding hydrogens is 346 g/mol. The lowest BCUT2D eigenvalue weighted by atomic mass is 10.1. The van der Waals surface area contributed by atoms with Crippen LogP contribution in [0.25, 0.3) is 11.0 Å². The summed E-state index contributed by atoms with van der Waals surface area (Å²) in [7, 11) is 3.05. The van der Waals surface area contributed by atoms with E-state index in [4.69, 9.17) is 13.9 Å². The minimum atomic E-state index is -0.442. The molecule has 0 unspecified atom stereocenters. The lowest BCUT2D eigenvalue weighted by Crippen LogP contribution is -2.23. The summed E-state index contributed by atoms with van der Waals surface area (Å²) in [5.74, 6) is 0.750. The van der Waals surface area contributed by atoms with E-state index in [-0.39, 0.29) is 12.5 Å². The highest BCUT2D eigenvalue weighted by Crippen LogP contribution is 2.27. The predicted octanol–water partition coefficient (Wildman–Crippen LogP) is 3.30. The van der Waals surface area contributed by atoms with Crippen molar-refractivity contribution in [1.82, 2.24) is 5.32 Å². The van der Waals surface area contributed by atoms with E-state index in [1.807, 2.05) is 12.1 Å². The van der Waals surface area contributed by atoms with Crippen LogP contribution < -0.4 is 20.4 Å². The Morgan fingerprint density at radius 1 is 1.04 bits per heavy atom. The van der Waals surface area contributed by atoms with Crippen molar-refractivity contribution in [2.45, 2.75) is 19.9 Å². The number of hydrogen-bond acceptors (Lipinski definition) is 5. The Morgan fingerprint density at radius 2 is 1.81 bits per heavy atom. The highest BCUT2D eigenvalue weighted by molar-refractivity contribution is 5.95. The van der Waals surface area contributed by atoms with Gasteiger partial charge >= 0.3 is 5.63 Å². The first kappa shape index (κ1) is 18.5. The monoisotopic (exact) mass is 367 g/mol. The number of carbonyl (C=O) groups is 1. The van der Waals surface area contributed by atoms with Gasteiger partial charge in [-0.05, 0) is 47.9 Å². The van der Waals surface area contributed by atoms with E-state index < -0.39 is 5.63 Å². The zero-order chi connectivity index (χ0) is 19.4. The van der Waals surface area contributed by atoms with Gasteiger partial charge in [-0.25, -0.2) is 4.79 Å². The van der Waals surface area contributed by atoms with Crippen molar-refractivity contribution in [3.8, 4) is 11.5 Å². The number of fused-ring (bicyclic) bond motifs is 1. The molecule has 27 heavy (non-hydrogen) atoms. The van der Waals surface area contributed by atoms with E-state index in [2.05, 4.69) is 12.2 Å². The highest BCUT2D eigenvalue weighted by Gasteiger charge is 2.12. The van der Waals surface area contributed by atoms with Crippen LogP contribution in [0.15, 0.2) is 51.7 Å². The van der Waals surface area contributed by atoms with Crippen LogP contribution in [-0.2, 0) is 13.0 Å². The summed E-state index contributed by atoms with van der Waals surface area (Å²) < 4.78 is 15.7. The number of benzene rings is 2. The molecule has 0 saturated heterocycles. The molecule has 3 rings (SSSR count). The average Bonchev–Trinajstić information content (AvgIpc) is 2.70. The molecule has 1 heterocycles. The molecule has 0 aliphatic carbocycles. The van der Waals surface area contributed by atoms with Crippen LogP contribution in [0.4, 0.5) is 0 Å². The highest BCUT2D eigenvalue weighted by atomic mass is 16.5. The van der Waals surface area contributed by atoms with Crippen molar-refractivity contribution >= 4 is 16.9 Å². The Balaban J connectivity index is 1.86. The van der Waals surface area contributed by atoms with E-state index in [0.717, 1.165) is 17.4 Å². The average molecular weight is 367 g/mol. The normalized spacial score (nSPS) is 10.6. The van der Waals surface area contributed by atoms with E-state index >= 15 is 0 Å². The van der Waals surface area contributed by atoms with Crippen molar-refractivity contribution in [3.63, 3.8) is 0 Å². The Kier molecular flexibility index (Phi) is 5.45. The minimum absolute atomic E-state index is 0.211. The third kappa shape index (κ3) is 3.95. The molecule has 6 heteroatoms. The molecule has 0 atom stereocenters. The standard InChI is InChI=1S/C21H21NO5/c1-4-13-5-7-17-16(9-13)15(11-20(23)27-17)12-22-21(24)14-6-8-18(25-2)19(10-14)26-3/h5-11H,4,12H2,1-3H3,(H,22,24). The molecule has 140 valence electrons. The molecule has 0 bridgehead atoms. The summed E-state index contributed by atoms with van der Waals surface area (Å²) in [5.41, 5.74) is 2.35. The molecule has 1 aromatic heterocycles. The Labute approximate surface area is 156 Å². The van der Waals surface area contributed by atoms with Gasteiger partial charge in [-0.2, -0.15) is 0 Å². The van der Waals surface area contributed by atoms with E-state index in [1.54, 1.807) is 24.3 Å². The quantitative estimate of drug-likeness (QED) is 0.677. The SMILES string of the molecule is CCc1ccc2oc(=O)cc(CNC(=O)c3ccc(OC)c(OC)c3)c2c1. The van der Waals surface area contributed by atoms with Gasteiger partial charge in [-0.3, -0.25) is 4.79 Å². The molecule has 1 N–H and O–H groups in total. The molecule has 0 aliphatic rings. The van der Waals surface area contributed by atoms with Crippen molar-refractivity contribution in [3.05, 3.63) is 69.6 Å². The summed E-state index contributed by atoms with van der Waals surface area (Å²) in [6, 6.07) is 12.1. The van der Waals surface area contributed by atoms with Crippen LogP contribution in [-0.4, -0.2) is 20.1 Å². The van der Waals surface area contributed by atoms with Crippen LogP contribution in [0.2, 0.25) is 0 Å². The number of carbonyl (C=O) groups excluding carboxylic acids is 1. The first-order valence-electron chi connectivity index (χ1n) is 8.61. The molecule has 0 spiro atoms. The van der Waals surface area contributed by atoms with Gasteiger partial charge in [0.15, 0.2) is 11.5 Å². The van der Waals surface area contributed by atoms with Crippen molar-refractivity contribution in [1.29, 1.82) is 0 Å². The number of ether oxygens (including phenoxy) is 2. The third-order valence-electron chi connectivity index (χ3n) is 4.39. The summed E-state index contributed by atoms with van der Waals surface area (Å²) >= 11 is 0. The molecule has 2 aromatic carbocycles. The number of methoxy groups -OCH3 is 2. The lowest BCUT2D eigenvalue weighted by molar-refractivity contribution is 0.0950. The van der Waals surface area contributed by atoms with Crippen molar-refractivity contribution < 1.29 is 18.7 Å². The van der Waals surface area contributed by atoms with E-state index in [0.29, 0.717) is 28.2 Å². The van der Waals surface area contributed by atoms with Crippen LogP contribution >= 0.6 is 0 Å². The van der Waals surface area contributed by atoms with Gasteiger partial charge in [0, 0.05) is 23.6 Å². The minimum Gasteiger partial charge on any atom is -0.493 e. The molecule has 0 saturated carbocycles. The molecular formula is C21H21NO5. The maximum Gasteiger partial charge on any atom is 0.336 e. The van der Waals surface area contributed by atoms with E-state index in [1.165, 1.54) is 20.3 Å². The van der Waals surface area contributed by atoms with Crippen molar-refractivity contribution in [2.75, 3.05) is 14.2 Å². The zero-order valence-corrected chi connectivity index (χ0v) is 15.5. The Bertz CT molecular complexity index is 1040. The van der Waals surface area contributed by atoms with Crippen LogP contribution in [0.5, 0.6) is 11.5 Å². The first-order valence-corrected chi connectivity index (χ1v) is 8.61. The number of aryl methyl sites for hydroxylation is 1. The number of hydrogen-bond donors (Lipinski definition) is 1. The largest absolute Gasteiger partial charge is 0.493 e. The predicted molar refractivity (Wildman–Crippen MR) is 103 cm³/mol. The zero-order valence-electron chi connectivity index (χ0n) is 15.5. The van der Waals surface area contributed by atoms with Gasteiger partial charge in [0.05, 0.1) is 14.2 Å². The second kappa shape index (κ2) is 7.95. The van der Waals surface area contributed by atoms with Gasteiger partial charge in [-0.1, -0.05) is 13.0 Å². The van der Waals surface area contributed by atoms with Crippen LogP contribution in [0, 0.1) is 0 Å². The second-order valence-corrected chi connectivity index (χ2v) is 6.03. The van der Waals surface area contributed by atoms with E-state index in [9.17, 15) is 9.59 Å². The fourth-order valence-electron chi connectivity index (χ4n) is 2.90. The van der Waals surface area contributed by atoms with Gasteiger partial charge in [0.25, 0.3) is 5.91 Å². The summed E-state index contributed by atoms with van der Waals surface area (Å²) in [6.07, 6.45) is 0.868. The fraction of sp³-hybridized carbons (Fsp3) is 0.238. The molecule has 0 radical (unpaired) electrons. The van der Waals surface area contributed by atoms with Gasteiger partial charge in [0.2, 0.25) is 0 Å². The number of nitrogens with one attached hydrogen (secondary N) is 1. The number of amides is 1. The fourth-order valence-corrected chi connectivity index (χ4v) is 2.90. The molecule has 1 amide bonds. The summed E-state index contributed by atoms with van der Waals surface area (Å²) in [4.78, 5) is 24.3. The van der Waals surface area contributed by atoms with Crippen LogP contribution in [0.3, 0.4) is 0 Å². The lowest BCUT2D eigenvalue weighted by Gasteiger charge is -2.11. The molecule has 0 aliphatic heterocycles. The maximum absolute atomic E-state index is 12.5. The first-order chi connectivity index (χ1) is 13.0. The van der Waals surface area contributed by atoms with Gasteiger partial charge in [-0.15, -0.1) is 0 Å². The van der Waals surface area contributed by atoms with Gasteiger partial charge < -0.3 is 19.2 Å². The Hall–Kier alpha value is -3.28. The second-order valence-electron chi connectivity index (χ2n) is 6.03.